The molecule has 0 heterocycles. The van der Waals surface area contributed by atoms with Crippen LogP contribution in [-0.4, -0.2) is 38.2 Å². The van der Waals surface area contributed by atoms with Gasteiger partial charge in [-0.15, -0.1) is 0 Å². The normalized spacial score (nSPS) is 10.7. The van der Waals surface area contributed by atoms with E-state index < -0.39 is 0 Å². The highest BCUT2D eigenvalue weighted by molar-refractivity contribution is 5.92. The van der Waals surface area contributed by atoms with E-state index in [4.69, 9.17) is 19.5 Å². The Morgan fingerprint density at radius 2 is 1.66 bits per heavy atom. The number of benzene rings is 2. The summed E-state index contributed by atoms with van der Waals surface area (Å²) >= 11 is 0. The van der Waals surface area contributed by atoms with Crippen molar-refractivity contribution in [2.75, 3.05) is 21.3 Å². The number of carbonyl (C=O) groups excluding carboxylic acids is 1. The smallest absolute Gasteiger partial charge is 0.247 e. The average Bonchev–Trinajstić information content (AvgIpc) is 2.74. The second kappa shape index (κ2) is 10.2. The van der Waals surface area contributed by atoms with Crippen molar-refractivity contribution in [3.05, 3.63) is 59.2 Å². The maximum absolute atomic E-state index is 12.8. The molecule has 1 amide bonds. The molecule has 0 radical (unpaired) electrons. The van der Waals surface area contributed by atoms with Crippen LogP contribution in [0.2, 0.25) is 0 Å². The molecule has 0 spiro atoms. The molecular weight excluding hydrogens is 368 g/mol. The Kier molecular flexibility index (Phi) is 7.67. The van der Waals surface area contributed by atoms with E-state index >= 15 is 0 Å². The van der Waals surface area contributed by atoms with Gasteiger partial charge in [0.1, 0.15) is 0 Å². The molecule has 0 aliphatic carbocycles. The summed E-state index contributed by atoms with van der Waals surface area (Å²) in [7, 11) is 4.64. The monoisotopic (exact) mass is 394 g/mol. The Bertz CT molecular complexity index is 886. The molecule has 2 aromatic carbocycles. The number of hydrogen-bond donors (Lipinski definition) is 0. The zero-order chi connectivity index (χ0) is 21.4. The molecular formula is C23H26N2O4. The molecule has 0 N–H and O–H groups in total. The molecule has 29 heavy (non-hydrogen) atoms. The van der Waals surface area contributed by atoms with Gasteiger partial charge in [-0.1, -0.05) is 12.1 Å². The van der Waals surface area contributed by atoms with E-state index in [-0.39, 0.29) is 11.9 Å². The Morgan fingerprint density at radius 3 is 2.10 bits per heavy atom. The first kappa shape index (κ1) is 21.8. The summed E-state index contributed by atoms with van der Waals surface area (Å²) in [6.45, 7) is 4.39. The highest BCUT2D eigenvalue weighted by Gasteiger charge is 2.16. The first-order valence-corrected chi connectivity index (χ1v) is 9.21. The molecule has 0 saturated heterocycles. The van der Waals surface area contributed by atoms with E-state index in [1.807, 2.05) is 26.0 Å². The van der Waals surface area contributed by atoms with Crippen LogP contribution in [-0.2, 0) is 11.3 Å². The quantitative estimate of drug-likeness (QED) is 0.632. The molecule has 0 fully saturated rings. The van der Waals surface area contributed by atoms with Gasteiger partial charge in [-0.2, -0.15) is 5.26 Å². The van der Waals surface area contributed by atoms with E-state index in [1.54, 1.807) is 56.6 Å². The molecule has 6 nitrogen and oxygen atoms in total. The minimum absolute atomic E-state index is 0.0164. The van der Waals surface area contributed by atoms with E-state index in [0.717, 1.165) is 11.1 Å². The zero-order valence-electron chi connectivity index (χ0n) is 17.4. The molecule has 0 aliphatic heterocycles. The molecule has 152 valence electrons. The van der Waals surface area contributed by atoms with Crippen LogP contribution in [0, 0.1) is 11.3 Å². The highest BCUT2D eigenvalue weighted by atomic mass is 16.5. The first-order chi connectivity index (χ1) is 13.9. The van der Waals surface area contributed by atoms with Crippen molar-refractivity contribution >= 4 is 12.0 Å². The largest absolute Gasteiger partial charge is 0.493 e. The number of rotatable bonds is 8. The van der Waals surface area contributed by atoms with Crippen LogP contribution in [0.5, 0.6) is 17.2 Å². The SMILES string of the molecule is COc1cc(/C=C/C(=O)N(Cc2ccc(C#N)cc2)C(C)C)cc(OC)c1OC. The number of ether oxygens (including phenoxy) is 3. The third-order valence-corrected chi connectivity index (χ3v) is 4.45. The van der Waals surface area contributed by atoms with Gasteiger partial charge in [-0.25, -0.2) is 0 Å². The van der Waals surface area contributed by atoms with Crippen LogP contribution < -0.4 is 14.2 Å². The number of hydrogen-bond acceptors (Lipinski definition) is 5. The fourth-order valence-corrected chi connectivity index (χ4v) is 2.86. The van der Waals surface area contributed by atoms with E-state index in [1.165, 1.54) is 6.08 Å². The number of amides is 1. The van der Waals surface area contributed by atoms with Crippen molar-refractivity contribution in [2.24, 2.45) is 0 Å². The van der Waals surface area contributed by atoms with Gasteiger partial charge in [0, 0.05) is 18.7 Å². The maximum atomic E-state index is 12.8. The molecule has 2 rings (SSSR count). The van der Waals surface area contributed by atoms with Crippen LogP contribution in [0.3, 0.4) is 0 Å². The van der Waals surface area contributed by atoms with Gasteiger partial charge in [0.2, 0.25) is 11.7 Å². The number of nitriles is 1. The molecule has 0 atom stereocenters. The molecule has 0 bridgehead atoms. The Balaban J connectivity index is 2.22. The minimum atomic E-state index is -0.113. The fourth-order valence-electron chi connectivity index (χ4n) is 2.86. The average molecular weight is 394 g/mol. The molecule has 0 saturated carbocycles. The summed E-state index contributed by atoms with van der Waals surface area (Å²) in [5, 5.41) is 8.92. The second-order valence-electron chi connectivity index (χ2n) is 6.66. The second-order valence-corrected chi connectivity index (χ2v) is 6.66. The molecule has 0 aliphatic rings. The lowest BCUT2D eigenvalue weighted by atomic mass is 10.1. The van der Waals surface area contributed by atoms with Crippen molar-refractivity contribution in [1.29, 1.82) is 5.26 Å². The minimum Gasteiger partial charge on any atom is -0.493 e. The predicted molar refractivity (Wildman–Crippen MR) is 112 cm³/mol. The summed E-state index contributed by atoms with van der Waals surface area (Å²) in [5.41, 5.74) is 2.32. The molecule has 0 aromatic heterocycles. The van der Waals surface area contributed by atoms with Gasteiger partial charge >= 0.3 is 0 Å². The predicted octanol–water partition coefficient (Wildman–Crippen LogP) is 4.03. The van der Waals surface area contributed by atoms with E-state index in [9.17, 15) is 4.79 Å². The van der Waals surface area contributed by atoms with Crippen LogP contribution >= 0.6 is 0 Å². The van der Waals surface area contributed by atoms with Gasteiger partial charge in [-0.05, 0) is 55.3 Å². The third-order valence-electron chi connectivity index (χ3n) is 4.45. The van der Waals surface area contributed by atoms with Crippen LogP contribution in [0.25, 0.3) is 6.08 Å². The standard InChI is InChI=1S/C23H26N2O4/c1-16(2)25(15-18-8-6-17(14-24)7-9-18)22(26)11-10-19-12-20(27-3)23(29-5)21(13-19)28-4/h6-13,16H,15H2,1-5H3/b11-10+. The highest BCUT2D eigenvalue weighted by Crippen LogP contribution is 2.38. The maximum Gasteiger partial charge on any atom is 0.247 e. The van der Waals surface area contributed by atoms with Crippen LogP contribution in [0.15, 0.2) is 42.5 Å². The van der Waals surface area contributed by atoms with Crippen LogP contribution in [0.4, 0.5) is 0 Å². The summed E-state index contributed by atoms with van der Waals surface area (Å²) in [6, 6.07) is 12.9. The van der Waals surface area contributed by atoms with E-state index in [2.05, 4.69) is 6.07 Å². The summed E-state index contributed by atoms with van der Waals surface area (Å²) < 4.78 is 16.0. The van der Waals surface area contributed by atoms with Gasteiger partial charge in [0.05, 0.1) is 33.0 Å². The Morgan fingerprint density at radius 1 is 1.07 bits per heavy atom. The third kappa shape index (κ3) is 5.52. The fraction of sp³-hybridized carbons (Fsp3) is 0.304. The lowest BCUT2D eigenvalue weighted by molar-refractivity contribution is -0.128. The van der Waals surface area contributed by atoms with Gasteiger partial charge < -0.3 is 19.1 Å². The molecule has 6 heteroatoms. The summed E-state index contributed by atoms with van der Waals surface area (Å²) in [6.07, 6.45) is 3.26. The Hall–Kier alpha value is -3.46. The summed E-state index contributed by atoms with van der Waals surface area (Å²) in [4.78, 5) is 14.6. The topological polar surface area (TPSA) is 71.8 Å². The van der Waals surface area contributed by atoms with Crippen molar-refractivity contribution in [3.8, 4) is 23.3 Å². The van der Waals surface area contributed by atoms with E-state index in [0.29, 0.717) is 29.4 Å². The van der Waals surface area contributed by atoms with Crippen molar-refractivity contribution in [1.82, 2.24) is 4.90 Å². The van der Waals surface area contributed by atoms with Gasteiger partial charge in [-0.3, -0.25) is 4.79 Å². The Labute approximate surface area is 171 Å². The number of carbonyl (C=O) groups is 1. The first-order valence-electron chi connectivity index (χ1n) is 9.21. The number of methoxy groups -OCH3 is 3. The lowest BCUT2D eigenvalue weighted by Crippen LogP contribution is -2.35. The van der Waals surface area contributed by atoms with Gasteiger partial charge in [0.15, 0.2) is 11.5 Å². The molecule has 0 unspecified atom stereocenters. The zero-order valence-corrected chi connectivity index (χ0v) is 17.4. The van der Waals surface area contributed by atoms with Gasteiger partial charge in [0.25, 0.3) is 0 Å². The summed E-state index contributed by atoms with van der Waals surface area (Å²) in [5.74, 6) is 1.44. The molecule has 2 aromatic rings. The van der Waals surface area contributed by atoms with Crippen molar-refractivity contribution in [2.45, 2.75) is 26.4 Å². The lowest BCUT2D eigenvalue weighted by Gasteiger charge is -2.25. The van der Waals surface area contributed by atoms with Crippen LogP contribution in [0.1, 0.15) is 30.5 Å². The number of nitrogens with zero attached hydrogens (tertiary/aromatic N) is 2. The van der Waals surface area contributed by atoms with Crippen molar-refractivity contribution in [3.63, 3.8) is 0 Å². The van der Waals surface area contributed by atoms with Crippen molar-refractivity contribution < 1.29 is 19.0 Å².